The van der Waals surface area contributed by atoms with E-state index in [4.69, 9.17) is 0 Å². The van der Waals surface area contributed by atoms with Gasteiger partial charge in [0, 0.05) is 42.4 Å². The van der Waals surface area contributed by atoms with Gasteiger partial charge in [0.25, 0.3) is 0 Å². The van der Waals surface area contributed by atoms with Crippen LogP contribution in [0, 0.1) is 0 Å². The van der Waals surface area contributed by atoms with Crippen LogP contribution in [0.2, 0.25) is 0 Å². The Kier molecular flexibility index (Phi) is 5.37. The highest BCUT2D eigenvalue weighted by atomic mass is 79.9. The summed E-state index contributed by atoms with van der Waals surface area (Å²) in [5, 5.41) is 2.98. The fourth-order valence-electron chi connectivity index (χ4n) is 3.47. The second-order valence-corrected chi connectivity index (χ2v) is 7.17. The summed E-state index contributed by atoms with van der Waals surface area (Å²) in [5.74, 6) is 0. The molecule has 5 heteroatoms. The minimum Gasteiger partial charge on any atom is -0.322 e. The van der Waals surface area contributed by atoms with Crippen LogP contribution in [0.3, 0.4) is 0 Å². The molecule has 4 nitrogen and oxygen atoms in total. The van der Waals surface area contributed by atoms with E-state index < -0.39 is 0 Å². The Morgan fingerprint density at radius 3 is 2.27 bits per heavy atom. The summed E-state index contributed by atoms with van der Waals surface area (Å²) >= 11 is 3.40. The van der Waals surface area contributed by atoms with Crippen molar-refractivity contribution in [2.24, 2.45) is 0 Å². The zero-order valence-electron chi connectivity index (χ0n) is 12.9. The molecule has 2 amide bonds. The average molecular weight is 366 g/mol. The van der Waals surface area contributed by atoms with Gasteiger partial charge in [-0.25, -0.2) is 4.79 Å². The number of urea groups is 1. The van der Waals surface area contributed by atoms with Crippen LogP contribution in [0.1, 0.15) is 32.1 Å². The van der Waals surface area contributed by atoms with E-state index in [9.17, 15) is 4.79 Å². The predicted molar refractivity (Wildman–Crippen MR) is 93.2 cm³/mol. The number of benzene rings is 1. The van der Waals surface area contributed by atoms with E-state index >= 15 is 0 Å². The molecule has 2 fully saturated rings. The van der Waals surface area contributed by atoms with Crippen LogP contribution in [-0.2, 0) is 0 Å². The van der Waals surface area contributed by atoms with Gasteiger partial charge in [-0.05, 0) is 37.1 Å². The Bertz CT molecular complexity index is 491. The number of halogens is 1. The zero-order chi connectivity index (χ0) is 15.4. The molecule has 1 aromatic rings. The standard InChI is InChI=1S/C17H24BrN3O/c18-14-6-8-15(9-7-14)19-17(22)21-12-10-20(11-13-21)16-4-2-1-3-5-16/h6-9,16H,1-5,10-13H2,(H,19,22). The SMILES string of the molecule is O=C(Nc1ccc(Br)cc1)N1CCN(C2CCCCC2)CC1. The second kappa shape index (κ2) is 7.47. The molecule has 0 aromatic heterocycles. The molecule has 1 N–H and O–H groups in total. The van der Waals surface area contributed by atoms with E-state index in [1.54, 1.807) is 0 Å². The number of nitrogens with one attached hydrogen (secondary N) is 1. The Morgan fingerprint density at radius 2 is 1.64 bits per heavy atom. The molecule has 3 rings (SSSR count). The molecule has 2 aliphatic rings. The van der Waals surface area contributed by atoms with Crippen LogP contribution < -0.4 is 5.32 Å². The monoisotopic (exact) mass is 365 g/mol. The van der Waals surface area contributed by atoms with Crippen LogP contribution in [0.25, 0.3) is 0 Å². The summed E-state index contributed by atoms with van der Waals surface area (Å²) in [5.41, 5.74) is 0.850. The first kappa shape index (κ1) is 15.8. The summed E-state index contributed by atoms with van der Waals surface area (Å²) in [6, 6.07) is 8.49. The summed E-state index contributed by atoms with van der Waals surface area (Å²) in [6.45, 7) is 3.69. The first-order chi connectivity index (χ1) is 10.7. The smallest absolute Gasteiger partial charge is 0.321 e. The van der Waals surface area contributed by atoms with Gasteiger partial charge in [0.2, 0.25) is 0 Å². The normalized spacial score (nSPS) is 20.9. The average Bonchev–Trinajstić information content (AvgIpc) is 2.58. The van der Waals surface area contributed by atoms with E-state index in [1.807, 2.05) is 29.2 Å². The van der Waals surface area contributed by atoms with Gasteiger partial charge in [-0.3, -0.25) is 4.90 Å². The van der Waals surface area contributed by atoms with Gasteiger partial charge in [0.05, 0.1) is 0 Å². The number of carbonyl (C=O) groups is 1. The summed E-state index contributed by atoms with van der Waals surface area (Å²) in [4.78, 5) is 16.8. The van der Waals surface area contributed by atoms with Gasteiger partial charge < -0.3 is 10.2 Å². The molecule has 0 unspecified atom stereocenters. The van der Waals surface area contributed by atoms with Crippen molar-refractivity contribution in [3.05, 3.63) is 28.7 Å². The topological polar surface area (TPSA) is 35.6 Å². The van der Waals surface area contributed by atoms with E-state index in [1.165, 1.54) is 32.1 Å². The van der Waals surface area contributed by atoms with Crippen LogP contribution in [0.4, 0.5) is 10.5 Å². The quantitative estimate of drug-likeness (QED) is 0.861. The molecule has 0 bridgehead atoms. The molecular weight excluding hydrogens is 342 g/mol. The lowest BCUT2D eigenvalue weighted by molar-refractivity contribution is 0.0943. The lowest BCUT2D eigenvalue weighted by Gasteiger charge is -2.40. The number of amides is 2. The molecule has 1 aromatic carbocycles. The van der Waals surface area contributed by atoms with Crippen LogP contribution >= 0.6 is 15.9 Å². The third-order valence-electron chi connectivity index (χ3n) is 4.79. The number of piperazine rings is 1. The highest BCUT2D eigenvalue weighted by Crippen LogP contribution is 2.23. The predicted octanol–water partition coefficient (Wildman–Crippen LogP) is 3.93. The number of nitrogens with zero attached hydrogens (tertiary/aromatic N) is 2. The Labute approximate surface area is 141 Å². The molecule has 1 saturated carbocycles. The fourth-order valence-corrected chi connectivity index (χ4v) is 3.74. The van der Waals surface area contributed by atoms with Gasteiger partial charge in [0.15, 0.2) is 0 Å². The fraction of sp³-hybridized carbons (Fsp3) is 0.588. The van der Waals surface area contributed by atoms with Crippen LogP contribution in [0.5, 0.6) is 0 Å². The molecule has 1 aliphatic heterocycles. The third kappa shape index (κ3) is 4.02. The Hall–Kier alpha value is -1.07. The number of anilines is 1. The number of hydrogen-bond donors (Lipinski definition) is 1. The molecule has 1 saturated heterocycles. The lowest BCUT2D eigenvalue weighted by atomic mass is 9.94. The van der Waals surface area contributed by atoms with Crippen molar-refractivity contribution in [3.8, 4) is 0 Å². The maximum Gasteiger partial charge on any atom is 0.321 e. The molecule has 22 heavy (non-hydrogen) atoms. The lowest BCUT2D eigenvalue weighted by Crippen LogP contribution is -2.53. The van der Waals surface area contributed by atoms with Gasteiger partial charge in [0.1, 0.15) is 0 Å². The van der Waals surface area contributed by atoms with E-state index in [0.717, 1.165) is 42.4 Å². The van der Waals surface area contributed by atoms with Crippen molar-refractivity contribution in [2.45, 2.75) is 38.1 Å². The van der Waals surface area contributed by atoms with Crippen LogP contribution in [0.15, 0.2) is 28.7 Å². The number of rotatable bonds is 2. The Balaban J connectivity index is 1.48. The molecule has 120 valence electrons. The largest absolute Gasteiger partial charge is 0.322 e. The second-order valence-electron chi connectivity index (χ2n) is 6.25. The maximum atomic E-state index is 12.3. The summed E-state index contributed by atoms with van der Waals surface area (Å²) in [7, 11) is 0. The zero-order valence-corrected chi connectivity index (χ0v) is 14.5. The molecule has 1 aliphatic carbocycles. The minimum absolute atomic E-state index is 0.0191. The highest BCUT2D eigenvalue weighted by molar-refractivity contribution is 9.10. The number of carbonyl (C=O) groups excluding carboxylic acids is 1. The van der Waals surface area contributed by atoms with Crippen molar-refractivity contribution in [1.82, 2.24) is 9.80 Å². The minimum atomic E-state index is 0.0191. The summed E-state index contributed by atoms with van der Waals surface area (Å²) < 4.78 is 1.02. The van der Waals surface area contributed by atoms with Gasteiger partial charge in [-0.1, -0.05) is 35.2 Å². The van der Waals surface area contributed by atoms with Crippen molar-refractivity contribution in [1.29, 1.82) is 0 Å². The highest BCUT2D eigenvalue weighted by Gasteiger charge is 2.26. The first-order valence-electron chi connectivity index (χ1n) is 8.28. The van der Waals surface area contributed by atoms with Crippen molar-refractivity contribution >= 4 is 27.6 Å². The van der Waals surface area contributed by atoms with Gasteiger partial charge >= 0.3 is 6.03 Å². The molecule has 0 atom stereocenters. The first-order valence-corrected chi connectivity index (χ1v) is 9.07. The van der Waals surface area contributed by atoms with Gasteiger partial charge in [-0.2, -0.15) is 0 Å². The van der Waals surface area contributed by atoms with Crippen LogP contribution in [-0.4, -0.2) is 48.1 Å². The van der Waals surface area contributed by atoms with Crippen molar-refractivity contribution in [3.63, 3.8) is 0 Å². The number of hydrogen-bond acceptors (Lipinski definition) is 2. The van der Waals surface area contributed by atoms with E-state index in [-0.39, 0.29) is 6.03 Å². The van der Waals surface area contributed by atoms with E-state index in [2.05, 4.69) is 26.1 Å². The molecular formula is C17H24BrN3O. The van der Waals surface area contributed by atoms with E-state index in [0.29, 0.717) is 0 Å². The maximum absolute atomic E-state index is 12.3. The molecule has 0 spiro atoms. The molecule has 0 radical (unpaired) electrons. The summed E-state index contributed by atoms with van der Waals surface area (Å²) in [6.07, 6.45) is 6.81. The molecule has 1 heterocycles. The van der Waals surface area contributed by atoms with Gasteiger partial charge in [-0.15, -0.1) is 0 Å². The van der Waals surface area contributed by atoms with Crippen molar-refractivity contribution < 1.29 is 4.79 Å². The Morgan fingerprint density at radius 1 is 1.00 bits per heavy atom. The van der Waals surface area contributed by atoms with Crippen molar-refractivity contribution in [2.75, 3.05) is 31.5 Å². The third-order valence-corrected chi connectivity index (χ3v) is 5.32.